The number of aryl methyl sites for hydroxylation is 1. The average molecular weight is 494 g/mol. The number of nitrogens with zero attached hydrogens (tertiary/aromatic N) is 2. The second-order valence-corrected chi connectivity index (χ2v) is 8.74. The molecule has 186 valence electrons. The molecule has 6 nitrogen and oxygen atoms in total. The maximum atomic E-state index is 15.1. The maximum absolute atomic E-state index is 15.1. The van der Waals surface area contributed by atoms with Crippen molar-refractivity contribution < 1.29 is 30.7 Å². The SMILES string of the molecule is Cc1c(N2CCC(C(N)C=C(C(F)(F)F)C(F)(F)F)C2)c(F)cc2c(=O)[nH]c(=O)n(C3CC3)c12. The molecular weight excluding hydrogens is 473 g/mol. The first kappa shape index (κ1) is 24.3. The van der Waals surface area contributed by atoms with Gasteiger partial charge in [-0.3, -0.25) is 14.3 Å². The van der Waals surface area contributed by atoms with Gasteiger partial charge in [-0.15, -0.1) is 0 Å². The van der Waals surface area contributed by atoms with Crippen LogP contribution in [-0.2, 0) is 0 Å². The molecule has 1 aromatic carbocycles. The lowest BCUT2D eigenvalue weighted by Crippen LogP contribution is -2.35. The van der Waals surface area contributed by atoms with Gasteiger partial charge in [-0.1, -0.05) is 6.08 Å². The van der Waals surface area contributed by atoms with Gasteiger partial charge < -0.3 is 10.6 Å². The highest BCUT2D eigenvalue weighted by atomic mass is 19.4. The number of aromatic nitrogens is 2. The minimum atomic E-state index is -5.62. The standard InChI is InChI=1S/C21H21F7N4O2/c1-9-16-12(18(33)30-19(34)32(16)11-2-3-11)6-13(22)17(9)31-5-4-10(8-31)14(29)7-15(20(23,24)25)21(26,27)28/h6-7,10-11,14H,2-5,8,29H2,1H3,(H,30,33,34). The molecule has 1 aliphatic heterocycles. The average Bonchev–Trinajstić information content (AvgIpc) is 3.41. The third-order valence-corrected chi connectivity index (χ3v) is 6.35. The summed E-state index contributed by atoms with van der Waals surface area (Å²) >= 11 is 0. The fraction of sp³-hybridized carbons (Fsp3) is 0.524. The molecule has 1 aromatic heterocycles. The van der Waals surface area contributed by atoms with E-state index in [1.165, 1.54) is 16.4 Å². The number of hydrogen-bond acceptors (Lipinski definition) is 4. The smallest absolute Gasteiger partial charge is 0.369 e. The summed E-state index contributed by atoms with van der Waals surface area (Å²) in [5.74, 6) is -1.59. The van der Waals surface area contributed by atoms with Crippen molar-refractivity contribution in [2.45, 2.75) is 50.6 Å². The number of alkyl halides is 6. The number of allylic oxidation sites excluding steroid dienone is 1. The highest BCUT2D eigenvalue weighted by Gasteiger charge is 2.51. The summed E-state index contributed by atoms with van der Waals surface area (Å²) in [6, 6.07) is -0.718. The lowest BCUT2D eigenvalue weighted by atomic mass is 9.97. The molecule has 0 radical (unpaired) electrons. The van der Waals surface area contributed by atoms with E-state index in [2.05, 4.69) is 4.98 Å². The van der Waals surface area contributed by atoms with Crippen LogP contribution in [0.1, 0.15) is 30.9 Å². The lowest BCUT2D eigenvalue weighted by molar-refractivity contribution is -0.172. The number of fused-ring (bicyclic) bond motifs is 1. The zero-order chi connectivity index (χ0) is 25.2. The molecule has 2 aliphatic rings. The molecule has 1 saturated heterocycles. The molecule has 4 rings (SSSR count). The molecule has 3 N–H and O–H groups in total. The first-order valence-electron chi connectivity index (χ1n) is 10.5. The number of benzene rings is 1. The molecule has 0 bridgehead atoms. The third-order valence-electron chi connectivity index (χ3n) is 6.35. The van der Waals surface area contributed by atoms with Gasteiger partial charge in [-0.05, 0) is 38.2 Å². The van der Waals surface area contributed by atoms with Crippen molar-refractivity contribution in [1.82, 2.24) is 9.55 Å². The van der Waals surface area contributed by atoms with Crippen LogP contribution in [0.15, 0.2) is 27.3 Å². The number of rotatable bonds is 4. The maximum Gasteiger partial charge on any atom is 0.421 e. The van der Waals surface area contributed by atoms with Crippen LogP contribution in [0.2, 0.25) is 0 Å². The lowest BCUT2D eigenvalue weighted by Gasteiger charge is -2.25. The number of H-pyrrole nitrogens is 1. The van der Waals surface area contributed by atoms with Gasteiger partial charge in [-0.25, -0.2) is 9.18 Å². The molecule has 2 heterocycles. The van der Waals surface area contributed by atoms with Gasteiger partial charge in [0.1, 0.15) is 11.4 Å². The van der Waals surface area contributed by atoms with Crippen molar-refractivity contribution in [1.29, 1.82) is 0 Å². The van der Waals surface area contributed by atoms with Gasteiger partial charge in [0, 0.05) is 30.7 Å². The summed E-state index contributed by atoms with van der Waals surface area (Å²) in [5, 5.41) is -0.0133. The molecule has 2 unspecified atom stereocenters. The van der Waals surface area contributed by atoms with Crippen LogP contribution in [0.4, 0.5) is 36.4 Å². The monoisotopic (exact) mass is 494 g/mol. The van der Waals surface area contributed by atoms with Crippen molar-refractivity contribution in [2.75, 3.05) is 18.0 Å². The Kier molecular flexibility index (Phi) is 5.82. The van der Waals surface area contributed by atoms with Gasteiger partial charge in [0.15, 0.2) is 0 Å². The number of aromatic amines is 1. The van der Waals surface area contributed by atoms with E-state index >= 15 is 4.39 Å². The summed E-state index contributed by atoms with van der Waals surface area (Å²) in [4.78, 5) is 28.3. The van der Waals surface area contributed by atoms with Crippen LogP contribution in [0, 0.1) is 18.7 Å². The predicted molar refractivity (Wildman–Crippen MR) is 110 cm³/mol. The number of nitrogens with two attached hydrogens (primary N) is 1. The zero-order valence-corrected chi connectivity index (χ0v) is 17.9. The second-order valence-electron chi connectivity index (χ2n) is 8.74. The number of nitrogens with one attached hydrogen (secondary N) is 1. The molecule has 0 amide bonds. The first-order chi connectivity index (χ1) is 15.7. The van der Waals surface area contributed by atoms with E-state index in [0.717, 1.165) is 6.07 Å². The fourth-order valence-corrected chi connectivity index (χ4v) is 4.62. The minimum Gasteiger partial charge on any atom is -0.369 e. The van der Waals surface area contributed by atoms with E-state index in [9.17, 15) is 35.9 Å². The zero-order valence-electron chi connectivity index (χ0n) is 17.9. The highest BCUT2D eigenvalue weighted by molar-refractivity contribution is 5.87. The molecule has 1 aliphatic carbocycles. The van der Waals surface area contributed by atoms with E-state index in [4.69, 9.17) is 5.73 Å². The highest BCUT2D eigenvalue weighted by Crippen LogP contribution is 2.41. The van der Waals surface area contributed by atoms with Gasteiger partial charge >= 0.3 is 18.0 Å². The summed E-state index contributed by atoms with van der Waals surface area (Å²) in [6.07, 6.45) is -9.71. The number of hydrogen-bond donors (Lipinski definition) is 2. The van der Waals surface area contributed by atoms with Crippen molar-refractivity contribution in [3.63, 3.8) is 0 Å². The molecule has 2 fully saturated rings. The predicted octanol–water partition coefficient (Wildman–Crippen LogP) is 3.68. The van der Waals surface area contributed by atoms with Crippen LogP contribution in [-0.4, -0.2) is 41.0 Å². The Morgan fingerprint density at radius 1 is 1.15 bits per heavy atom. The molecule has 2 atom stereocenters. The Hall–Kier alpha value is -2.83. The number of anilines is 1. The summed E-state index contributed by atoms with van der Waals surface area (Å²) < 4.78 is 93.7. The van der Waals surface area contributed by atoms with Crippen molar-refractivity contribution in [3.8, 4) is 0 Å². The van der Waals surface area contributed by atoms with Crippen molar-refractivity contribution in [2.24, 2.45) is 11.7 Å². The van der Waals surface area contributed by atoms with Gasteiger partial charge in [0.25, 0.3) is 5.56 Å². The molecule has 34 heavy (non-hydrogen) atoms. The van der Waals surface area contributed by atoms with Crippen LogP contribution in [0.5, 0.6) is 0 Å². The molecule has 0 spiro atoms. The van der Waals surface area contributed by atoms with E-state index in [0.29, 0.717) is 18.4 Å². The van der Waals surface area contributed by atoms with Crippen LogP contribution >= 0.6 is 0 Å². The minimum absolute atomic E-state index is 0.0133. The molecular formula is C21H21F7N4O2. The van der Waals surface area contributed by atoms with Crippen molar-refractivity contribution in [3.05, 3.63) is 49.9 Å². The Morgan fingerprint density at radius 3 is 2.32 bits per heavy atom. The van der Waals surface area contributed by atoms with Crippen LogP contribution < -0.4 is 21.9 Å². The molecule has 2 aromatic rings. The van der Waals surface area contributed by atoms with Crippen LogP contribution in [0.3, 0.4) is 0 Å². The quantitative estimate of drug-likeness (QED) is 0.502. The summed E-state index contributed by atoms with van der Waals surface area (Å²) in [6.45, 7) is 1.55. The first-order valence-corrected chi connectivity index (χ1v) is 10.5. The summed E-state index contributed by atoms with van der Waals surface area (Å²) in [5.41, 5.74) is 2.25. The van der Waals surface area contributed by atoms with Gasteiger partial charge in [0.05, 0.1) is 16.6 Å². The number of halogens is 7. The Labute approximate surface area is 187 Å². The van der Waals surface area contributed by atoms with E-state index in [1.807, 2.05) is 0 Å². The topological polar surface area (TPSA) is 84.1 Å². The molecule has 13 heteroatoms. The van der Waals surface area contributed by atoms with E-state index in [-0.39, 0.29) is 48.2 Å². The Bertz CT molecular complexity index is 1260. The third kappa shape index (κ3) is 4.32. The Balaban J connectivity index is 1.71. The Morgan fingerprint density at radius 2 is 1.76 bits per heavy atom. The largest absolute Gasteiger partial charge is 0.421 e. The van der Waals surface area contributed by atoms with Gasteiger partial charge in [-0.2, -0.15) is 26.3 Å². The normalized spacial score (nSPS) is 20.1. The summed E-state index contributed by atoms with van der Waals surface area (Å²) in [7, 11) is 0. The molecule has 1 saturated carbocycles. The fourth-order valence-electron chi connectivity index (χ4n) is 4.62. The van der Waals surface area contributed by atoms with Crippen LogP contribution in [0.25, 0.3) is 10.9 Å². The van der Waals surface area contributed by atoms with E-state index in [1.54, 1.807) is 0 Å². The van der Waals surface area contributed by atoms with Crippen molar-refractivity contribution >= 4 is 16.6 Å². The van der Waals surface area contributed by atoms with Gasteiger partial charge in [0.2, 0.25) is 0 Å². The second kappa shape index (κ2) is 8.14. The van der Waals surface area contributed by atoms with E-state index < -0.39 is 47.0 Å².